The predicted octanol–water partition coefficient (Wildman–Crippen LogP) is 3.22. The van der Waals surface area contributed by atoms with Gasteiger partial charge in [-0.15, -0.1) is 0 Å². The van der Waals surface area contributed by atoms with E-state index in [2.05, 4.69) is 38.8 Å². The molecule has 1 aromatic carbocycles. The Kier molecular flexibility index (Phi) is 3.91. The highest BCUT2D eigenvalue weighted by Crippen LogP contribution is 2.22. The van der Waals surface area contributed by atoms with E-state index < -0.39 is 0 Å². The van der Waals surface area contributed by atoms with Crippen molar-refractivity contribution in [2.45, 2.75) is 25.2 Å². The molecule has 5 heteroatoms. The zero-order valence-corrected chi connectivity index (χ0v) is 13.6. The summed E-state index contributed by atoms with van der Waals surface area (Å²) in [6.07, 6.45) is 12.5. The van der Waals surface area contributed by atoms with E-state index in [1.54, 1.807) is 0 Å². The second kappa shape index (κ2) is 6.35. The zero-order valence-electron chi connectivity index (χ0n) is 13.6. The first-order valence-electron chi connectivity index (χ1n) is 8.21. The standard InChI is InChI=1S/C19H19N5/c1-24-13-18(14-8-10-20-11-9-14)23-19(24)7-6-15-12-21-16-4-2-3-5-17(16)22-15/h2-5,8,10-14H,6-7,9H2,1H3. The van der Waals surface area contributed by atoms with Crippen molar-refractivity contribution in [3.05, 3.63) is 66.1 Å². The summed E-state index contributed by atoms with van der Waals surface area (Å²) in [6.45, 7) is 0. The Morgan fingerprint density at radius 1 is 1.12 bits per heavy atom. The quantitative estimate of drug-likeness (QED) is 0.742. The van der Waals surface area contributed by atoms with Gasteiger partial charge in [-0.05, 0) is 25.0 Å². The number of aliphatic imine (C=N–C) groups is 1. The Hall–Kier alpha value is -2.82. The summed E-state index contributed by atoms with van der Waals surface area (Å²) in [5.74, 6) is 1.42. The molecule has 0 bridgehead atoms. The van der Waals surface area contributed by atoms with Crippen LogP contribution in [0.25, 0.3) is 11.0 Å². The van der Waals surface area contributed by atoms with Gasteiger partial charge in [0.05, 0.1) is 22.4 Å². The van der Waals surface area contributed by atoms with E-state index in [-0.39, 0.29) is 0 Å². The fourth-order valence-corrected chi connectivity index (χ4v) is 2.98. The van der Waals surface area contributed by atoms with Crippen LogP contribution in [-0.2, 0) is 19.9 Å². The van der Waals surface area contributed by atoms with Gasteiger partial charge >= 0.3 is 0 Å². The van der Waals surface area contributed by atoms with Crippen LogP contribution in [0.2, 0.25) is 0 Å². The smallest absolute Gasteiger partial charge is 0.109 e. The van der Waals surface area contributed by atoms with Gasteiger partial charge in [0.1, 0.15) is 5.82 Å². The Morgan fingerprint density at radius 3 is 2.83 bits per heavy atom. The summed E-state index contributed by atoms with van der Waals surface area (Å²) in [7, 11) is 2.05. The Balaban J connectivity index is 1.49. The second-order valence-electron chi connectivity index (χ2n) is 6.06. The summed E-state index contributed by atoms with van der Waals surface area (Å²) >= 11 is 0. The van der Waals surface area contributed by atoms with Crippen molar-refractivity contribution in [3.8, 4) is 0 Å². The molecule has 1 atom stereocenters. The summed E-state index contributed by atoms with van der Waals surface area (Å²) in [4.78, 5) is 18.1. The molecular weight excluding hydrogens is 298 g/mol. The molecule has 0 saturated carbocycles. The average molecular weight is 317 g/mol. The number of aryl methyl sites for hydroxylation is 3. The lowest BCUT2D eigenvalue weighted by Gasteiger charge is -2.08. The predicted molar refractivity (Wildman–Crippen MR) is 95.1 cm³/mol. The molecule has 1 unspecified atom stereocenters. The van der Waals surface area contributed by atoms with Gasteiger partial charge < -0.3 is 4.57 Å². The first-order chi connectivity index (χ1) is 11.8. The minimum Gasteiger partial charge on any atom is -0.338 e. The normalized spacial score (nSPS) is 16.8. The van der Waals surface area contributed by atoms with Gasteiger partial charge in [0, 0.05) is 44.2 Å². The van der Waals surface area contributed by atoms with Gasteiger partial charge in [-0.1, -0.05) is 18.2 Å². The van der Waals surface area contributed by atoms with Crippen LogP contribution in [0.1, 0.15) is 29.6 Å². The molecule has 24 heavy (non-hydrogen) atoms. The molecule has 3 heterocycles. The highest BCUT2D eigenvalue weighted by atomic mass is 15.0. The van der Waals surface area contributed by atoms with Crippen molar-refractivity contribution < 1.29 is 0 Å². The van der Waals surface area contributed by atoms with Gasteiger partial charge in [-0.25, -0.2) is 9.97 Å². The van der Waals surface area contributed by atoms with Crippen LogP contribution >= 0.6 is 0 Å². The molecule has 0 aliphatic carbocycles. The number of hydrogen-bond acceptors (Lipinski definition) is 4. The molecule has 0 saturated heterocycles. The van der Waals surface area contributed by atoms with Crippen LogP contribution in [0.4, 0.5) is 0 Å². The number of benzene rings is 1. The van der Waals surface area contributed by atoms with Crippen molar-refractivity contribution in [3.63, 3.8) is 0 Å². The summed E-state index contributed by atoms with van der Waals surface area (Å²) in [5.41, 5.74) is 4.00. The molecule has 5 nitrogen and oxygen atoms in total. The van der Waals surface area contributed by atoms with Crippen molar-refractivity contribution in [1.82, 2.24) is 19.5 Å². The first kappa shape index (κ1) is 14.8. The molecule has 0 N–H and O–H groups in total. The van der Waals surface area contributed by atoms with E-state index in [1.165, 1.54) is 0 Å². The maximum atomic E-state index is 4.81. The summed E-state index contributed by atoms with van der Waals surface area (Å²) in [5, 5.41) is 0. The van der Waals surface area contributed by atoms with Crippen LogP contribution in [0.5, 0.6) is 0 Å². The Bertz CT molecular complexity index is 922. The van der Waals surface area contributed by atoms with Gasteiger partial charge in [-0.3, -0.25) is 9.98 Å². The second-order valence-corrected chi connectivity index (χ2v) is 6.06. The number of para-hydroxylation sites is 2. The zero-order chi connectivity index (χ0) is 16.4. The third-order valence-electron chi connectivity index (χ3n) is 4.34. The number of rotatable bonds is 4. The molecule has 1 aliphatic heterocycles. The molecule has 1 aliphatic rings. The molecule has 0 spiro atoms. The van der Waals surface area contributed by atoms with Crippen molar-refractivity contribution >= 4 is 17.2 Å². The first-order valence-corrected chi connectivity index (χ1v) is 8.21. The highest BCUT2D eigenvalue weighted by molar-refractivity contribution is 5.73. The number of hydrogen-bond donors (Lipinski definition) is 0. The van der Waals surface area contributed by atoms with Gasteiger partial charge in [0.2, 0.25) is 0 Å². The molecule has 4 rings (SSSR count). The van der Waals surface area contributed by atoms with Crippen LogP contribution < -0.4 is 0 Å². The number of fused-ring (bicyclic) bond motifs is 1. The fourth-order valence-electron chi connectivity index (χ4n) is 2.98. The monoisotopic (exact) mass is 317 g/mol. The fraction of sp³-hybridized carbons (Fsp3) is 0.263. The van der Waals surface area contributed by atoms with Crippen LogP contribution in [0.15, 0.2) is 53.9 Å². The number of imidazole rings is 1. The molecule has 0 radical (unpaired) electrons. The van der Waals surface area contributed by atoms with Gasteiger partial charge in [-0.2, -0.15) is 0 Å². The van der Waals surface area contributed by atoms with Crippen molar-refractivity contribution in [1.29, 1.82) is 0 Å². The minimum atomic E-state index is 0.336. The van der Waals surface area contributed by atoms with Crippen molar-refractivity contribution in [2.75, 3.05) is 0 Å². The topological polar surface area (TPSA) is 56.0 Å². The SMILES string of the molecule is Cn1cc(C2C=CN=CC2)nc1CCc1cnc2ccccc2n1. The Morgan fingerprint density at radius 2 is 2.00 bits per heavy atom. The lowest BCUT2D eigenvalue weighted by molar-refractivity contribution is 0.760. The summed E-state index contributed by atoms with van der Waals surface area (Å²) in [6, 6.07) is 7.96. The minimum absolute atomic E-state index is 0.336. The third kappa shape index (κ3) is 2.97. The molecule has 2 aromatic heterocycles. The number of allylic oxidation sites excluding steroid dienone is 1. The largest absolute Gasteiger partial charge is 0.338 e. The van der Waals surface area contributed by atoms with E-state index in [0.717, 1.165) is 47.5 Å². The van der Waals surface area contributed by atoms with E-state index in [9.17, 15) is 0 Å². The highest BCUT2D eigenvalue weighted by Gasteiger charge is 2.14. The number of nitrogens with zero attached hydrogens (tertiary/aromatic N) is 5. The van der Waals surface area contributed by atoms with E-state index in [1.807, 2.05) is 42.9 Å². The van der Waals surface area contributed by atoms with Crippen LogP contribution in [0.3, 0.4) is 0 Å². The molecular formula is C19H19N5. The maximum absolute atomic E-state index is 4.81. The lowest BCUT2D eigenvalue weighted by Crippen LogP contribution is -2.02. The Labute approximate surface area is 140 Å². The van der Waals surface area contributed by atoms with Crippen LogP contribution in [-0.4, -0.2) is 25.7 Å². The molecule has 0 fully saturated rings. The number of aromatic nitrogens is 4. The van der Waals surface area contributed by atoms with E-state index in [0.29, 0.717) is 5.92 Å². The van der Waals surface area contributed by atoms with Crippen molar-refractivity contribution in [2.24, 2.45) is 12.0 Å². The maximum Gasteiger partial charge on any atom is 0.109 e. The molecule has 0 amide bonds. The molecule has 120 valence electrons. The van der Waals surface area contributed by atoms with E-state index >= 15 is 0 Å². The van der Waals surface area contributed by atoms with Gasteiger partial charge in [0.25, 0.3) is 0 Å². The summed E-state index contributed by atoms with van der Waals surface area (Å²) < 4.78 is 2.11. The third-order valence-corrected chi connectivity index (χ3v) is 4.34. The van der Waals surface area contributed by atoms with Gasteiger partial charge in [0.15, 0.2) is 0 Å². The lowest BCUT2D eigenvalue weighted by atomic mass is 10.0. The van der Waals surface area contributed by atoms with E-state index in [4.69, 9.17) is 4.98 Å². The molecule has 3 aromatic rings. The average Bonchev–Trinajstić information content (AvgIpc) is 3.01. The van der Waals surface area contributed by atoms with Crippen LogP contribution in [0, 0.1) is 0 Å².